The first-order chi connectivity index (χ1) is 4.81. The van der Waals surface area contributed by atoms with Gasteiger partial charge in [0, 0.05) is 0 Å². The van der Waals surface area contributed by atoms with E-state index in [-0.39, 0.29) is 19.9 Å². The van der Waals surface area contributed by atoms with E-state index in [1.807, 2.05) is 0 Å². The fraction of sp³-hybridized carbons (Fsp3) is 0.800. The Kier molecular flexibility index (Phi) is 6.05. The van der Waals surface area contributed by atoms with Crippen LogP contribution in [-0.2, 0) is 9.53 Å². The molecule has 0 aliphatic carbocycles. The van der Waals surface area contributed by atoms with E-state index in [1.54, 1.807) is 0 Å². The number of carbonyl (C=O) groups is 1. The third-order valence-corrected chi connectivity index (χ3v) is 0.790. The molecule has 0 fully saturated rings. The SMILES string of the molecule is O=CNCOCC(O)CO. The van der Waals surface area contributed by atoms with Crippen molar-refractivity contribution >= 4 is 6.41 Å². The Morgan fingerprint density at radius 2 is 2.40 bits per heavy atom. The third kappa shape index (κ3) is 5.49. The van der Waals surface area contributed by atoms with Gasteiger partial charge in [0.1, 0.15) is 12.8 Å². The molecule has 0 saturated heterocycles. The van der Waals surface area contributed by atoms with Crippen LogP contribution in [0.5, 0.6) is 0 Å². The van der Waals surface area contributed by atoms with E-state index in [4.69, 9.17) is 10.2 Å². The van der Waals surface area contributed by atoms with Gasteiger partial charge in [0.15, 0.2) is 0 Å². The van der Waals surface area contributed by atoms with Crippen molar-refractivity contribution < 1.29 is 19.7 Å². The summed E-state index contributed by atoms with van der Waals surface area (Å²) < 4.78 is 4.67. The van der Waals surface area contributed by atoms with Crippen LogP contribution in [-0.4, -0.2) is 42.7 Å². The van der Waals surface area contributed by atoms with Gasteiger partial charge in [-0.1, -0.05) is 0 Å². The molecule has 0 heterocycles. The minimum Gasteiger partial charge on any atom is -0.394 e. The van der Waals surface area contributed by atoms with Crippen molar-refractivity contribution in [2.75, 3.05) is 19.9 Å². The number of nitrogens with one attached hydrogen (secondary N) is 1. The van der Waals surface area contributed by atoms with Crippen LogP contribution >= 0.6 is 0 Å². The predicted octanol–water partition coefficient (Wildman–Crippen LogP) is -1.94. The van der Waals surface area contributed by atoms with Crippen LogP contribution in [0.15, 0.2) is 0 Å². The van der Waals surface area contributed by atoms with Crippen molar-refractivity contribution in [2.45, 2.75) is 6.10 Å². The molecule has 3 N–H and O–H groups in total. The fourth-order valence-corrected chi connectivity index (χ4v) is 0.341. The molecular weight excluding hydrogens is 138 g/mol. The summed E-state index contributed by atoms with van der Waals surface area (Å²) in [5, 5.41) is 19.2. The first kappa shape index (κ1) is 9.35. The molecule has 0 aliphatic rings. The van der Waals surface area contributed by atoms with Crippen LogP contribution in [0.2, 0.25) is 0 Å². The van der Waals surface area contributed by atoms with Crippen molar-refractivity contribution in [2.24, 2.45) is 0 Å². The fourth-order valence-electron chi connectivity index (χ4n) is 0.341. The lowest BCUT2D eigenvalue weighted by Gasteiger charge is -2.06. The van der Waals surface area contributed by atoms with Gasteiger partial charge in [0.2, 0.25) is 6.41 Å². The highest BCUT2D eigenvalue weighted by atomic mass is 16.5. The minimum atomic E-state index is -0.867. The molecule has 5 nitrogen and oxygen atoms in total. The molecule has 1 amide bonds. The Morgan fingerprint density at radius 3 is 2.90 bits per heavy atom. The molecule has 0 aromatic heterocycles. The Labute approximate surface area is 58.6 Å². The van der Waals surface area contributed by atoms with Gasteiger partial charge in [-0.15, -0.1) is 0 Å². The number of aliphatic hydroxyl groups excluding tert-OH is 2. The maximum absolute atomic E-state index is 9.62. The maximum atomic E-state index is 9.62. The second kappa shape index (κ2) is 6.47. The van der Waals surface area contributed by atoms with Gasteiger partial charge in [-0.05, 0) is 0 Å². The van der Waals surface area contributed by atoms with Gasteiger partial charge in [-0.2, -0.15) is 0 Å². The molecule has 0 spiro atoms. The number of carbonyl (C=O) groups excluding carboxylic acids is 1. The summed E-state index contributed by atoms with van der Waals surface area (Å²) in [7, 11) is 0. The van der Waals surface area contributed by atoms with E-state index in [2.05, 4.69) is 10.1 Å². The van der Waals surface area contributed by atoms with E-state index in [9.17, 15) is 4.79 Å². The molecule has 0 aliphatic heterocycles. The molecule has 60 valence electrons. The monoisotopic (exact) mass is 149 g/mol. The van der Waals surface area contributed by atoms with Crippen LogP contribution in [0, 0.1) is 0 Å². The van der Waals surface area contributed by atoms with Crippen LogP contribution in [0.25, 0.3) is 0 Å². The van der Waals surface area contributed by atoms with Gasteiger partial charge in [0.05, 0.1) is 13.2 Å². The van der Waals surface area contributed by atoms with Crippen LogP contribution < -0.4 is 5.32 Å². The molecule has 1 unspecified atom stereocenters. The summed E-state index contributed by atoms with van der Waals surface area (Å²) in [5.74, 6) is 0. The summed E-state index contributed by atoms with van der Waals surface area (Å²) in [6.45, 7) is -0.251. The van der Waals surface area contributed by atoms with Gasteiger partial charge < -0.3 is 20.3 Å². The predicted molar refractivity (Wildman–Crippen MR) is 33.1 cm³/mol. The van der Waals surface area contributed by atoms with Gasteiger partial charge in [-0.25, -0.2) is 0 Å². The average Bonchev–Trinajstić information content (AvgIpc) is 1.98. The Morgan fingerprint density at radius 1 is 1.70 bits per heavy atom. The largest absolute Gasteiger partial charge is 0.394 e. The minimum absolute atomic E-state index is 0.0251. The van der Waals surface area contributed by atoms with E-state index in [1.165, 1.54) is 0 Å². The topological polar surface area (TPSA) is 78.8 Å². The maximum Gasteiger partial charge on any atom is 0.208 e. The van der Waals surface area contributed by atoms with Crippen molar-refractivity contribution in [1.82, 2.24) is 5.32 Å². The van der Waals surface area contributed by atoms with Gasteiger partial charge in [0.25, 0.3) is 0 Å². The Balaban J connectivity index is 2.95. The second-order valence-electron chi connectivity index (χ2n) is 1.67. The summed E-state index contributed by atoms with van der Waals surface area (Å²) in [5.41, 5.74) is 0. The lowest BCUT2D eigenvalue weighted by Crippen LogP contribution is -2.24. The summed E-state index contributed by atoms with van der Waals surface area (Å²) in [6.07, 6.45) is -0.376. The Hall–Kier alpha value is -0.650. The summed E-state index contributed by atoms with van der Waals surface area (Å²) in [6, 6.07) is 0. The smallest absolute Gasteiger partial charge is 0.208 e. The number of aliphatic hydroxyl groups is 2. The number of rotatable bonds is 6. The zero-order valence-electron chi connectivity index (χ0n) is 5.49. The molecule has 0 aromatic rings. The zero-order chi connectivity index (χ0) is 7.82. The molecule has 0 aromatic carbocycles. The van der Waals surface area contributed by atoms with Crippen LogP contribution in [0.3, 0.4) is 0 Å². The summed E-state index contributed by atoms with van der Waals surface area (Å²) >= 11 is 0. The molecular formula is C5H11NO4. The van der Waals surface area contributed by atoms with Gasteiger partial charge in [-0.3, -0.25) is 4.79 Å². The first-order valence-corrected chi connectivity index (χ1v) is 2.85. The molecule has 0 rings (SSSR count). The van der Waals surface area contributed by atoms with E-state index in [0.717, 1.165) is 0 Å². The number of amides is 1. The number of hydrogen-bond acceptors (Lipinski definition) is 4. The third-order valence-electron chi connectivity index (χ3n) is 0.790. The Bertz CT molecular complexity index is 87.7. The standard InChI is InChI=1S/C5H11NO4/c7-1-5(9)2-10-4-6-3-8/h3,5,7,9H,1-2,4H2,(H,6,8). The van der Waals surface area contributed by atoms with Crippen molar-refractivity contribution in [3.8, 4) is 0 Å². The molecule has 10 heavy (non-hydrogen) atoms. The molecule has 1 atom stereocenters. The molecule has 0 bridgehead atoms. The number of hydrogen-bond donors (Lipinski definition) is 3. The first-order valence-electron chi connectivity index (χ1n) is 2.85. The highest BCUT2D eigenvalue weighted by Gasteiger charge is 1.99. The van der Waals surface area contributed by atoms with E-state index in [0.29, 0.717) is 6.41 Å². The van der Waals surface area contributed by atoms with Gasteiger partial charge >= 0.3 is 0 Å². The quantitative estimate of drug-likeness (QED) is 0.233. The lowest BCUT2D eigenvalue weighted by atomic mass is 10.4. The normalized spacial score (nSPS) is 12.6. The molecule has 0 radical (unpaired) electrons. The van der Waals surface area contributed by atoms with E-state index >= 15 is 0 Å². The van der Waals surface area contributed by atoms with Crippen LogP contribution in [0.1, 0.15) is 0 Å². The van der Waals surface area contributed by atoms with E-state index < -0.39 is 6.10 Å². The molecule has 5 heteroatoms. The second-order valence-corrected chi connectivity index (χ2v) is 1.67. The molecule has 0 saturated carbocycles. The highest BCUT2D eigenvalue weighted by Crippen LogP contribution is 1.80. The average molecular weight is 149 g/mol. The van der Waals surface area contributed by atoms with Crippen LogP contribution in [0.4, 0.5) is 0 Å². The zero-order valence-corrected chi connectivity index (χ0v) is 5.49. The van der Waals surface area contributed by atoms with Crippen molar-refractivity contribution in [3.63, 3.8) is 0 Å². The highest BCUT2D eigenvalue weighted by molar-refractivity contribution is 5.45. The number of ether oxygens (including phenoxy) is 1. The lowest BCUT2D eigenvalue weighted by molar-refractivity contribution is -0.111. The van der Waals surface area contributed by atoms with Crippen molar-refractivity contribution in [3.05, 3.63) is 0 Å². The summed E-state index contributed by atoms with van der Waals surface area (Å²) in [4.78, 5) is 9.62. The van der Waals surface area contributed by atoms with Crippen molar-refractivity contribution in [1.29, 1.82) is 0 Å².